The quantitative estimate of drug-likeness (QED) is 0.335. The van der Waals surface area contributed by atoms with Gasteiger partial charge in [0, 0.05) is 0 Å². The molecule has 23 valence electrons. The summed E-state index contributed by atoms with van der Waals surface area (Å²) in [5, 5.41) is 0. The van der Waals surface area contributed by atoms with E-state index in [1.54, 1.807) is 0 Å². The van der Waals surface area contributed by atoms with Crippen molar-refractivity contribution < 1.29 is 5.89 Å². The summed E-state index contributed by atoms with van der Waals surface area (Å²) in [5.74, 6) is 0. The predicted octanol–water partition coefficient (Wildman–Crippen LogP) is 0.128. The zero-order valence-electron chi connectivity index (χ0n) is 3.40. The van der Waals surface area contributed by atoms with Crippen molar-refractivity contribution in [3.63, 3.8) is 0 Å². The summed E-state index contributed by atoms with van der Waals surface area (Å²) in [6.07, 6.45) is 0. The second-order valence-corrected chi connectivity index (χ2v) is 0.356. The van der Waals surface area contributed by atoms with Gasteiger partial charge in [0.15, 0.2) is 0 Å². The molecule has 0 fully saturated rings. The molecule has 3 heteroatoms. The van der Waals surface area contributed by atoms with E-state index in [1.807, 2.05) is 0 Å². The molecule has 0 bridgehead atoms. The van der Waals surface area contributed by atoms with E-state index in [-0.39, 0.29) is 5.44 Å². The van der Waals surface area contributed by atoms with Gasteiger partial charge < -0.3 is 0 Å². The Kier molecular flexibility index (Phi) is 1.63. The molecule has 0 aliphatic rings. The van der Waals surface area contributed by atoms with Crippen LogP contribution in [0.4, 0.5) is 4.48 Å². The van der Waals surface area contributed by atoms with Gasteiger partial charge in [-0.2, -0.15) is 4.48 Å². The van der Waals surface area contributed by atoms with Crippen LogP contribution in [0, 0.1) is 0 Å². The molecular weight excluding hydrogens is 55.8 g/mol. The topological polar surface area (TPSA) is 12.0 Å². The highest BCUT2D eigenvalue weighted by molar-refractivity contribution is 6.29. The minimum atomic E-state index is -0.250. The molecule has 0 aromatic carbocycles. The van der Waals surface area contributed by atoms with Gasteiger partial charge >= 0.3 is 0 Å². The van der Waals surface area contributed by atoms with E-state index >= 15 is 0 Å². The van der Waals surface area contributed by atoms with Gasteiger partial charge in [0.2, 0.25) is 7.41 Å². The van der Waals surface area contributed by atoms with Crippen LogP contribution in [0.1, 0.15) is 0 Å². The van der Waals surface area contributed by atoms with Crippen LogP contribution in [0.3, 0.4) is 0 Å². The first-order chi connectivity index (χ1) is 2.27. The van der Waals surface area contributed by atoms with Gasteiger partial charge in [0.1, 0.15) is 1.41 Å². The first-order valence-corrected chi connectivity index (χ1v) is 1.00. The van der Waals surface area contributed by atoms with Crippen molar-refractivity contribution in [2.75, 3.05) is 0 Å². The molecule has 0 aromatic rings. The number of nitrogens with one attached hydrogen (secondary N) is 1. The Labute approximate surface area is 26.9 Å². The molecule has 0 saturated heterocycles. The van der Waals surface area contributed by atoms with Crippen molar-refractivity contribution >= 4 is 7.41 Å². The van der Waals surface area contributed by atoms with Crippen LogP contribution >= 0.6 is 0 Å². The Morgan fingerprint density at radius 2 is 2.75 bits per heavy atom. The molecule has 1 N–H and O–H groups in total. The number of halogens is 1. The van der Waals surface area contributed by atoms with Gasteiger partial charge in [-0.1, -0.05) is 6.82 Å². The van der Waals surface area contributed by atoms with Crippen LogP contribution in [0.2, 0.25) is 8.23 Å². The highest BCUT2D eigenvalue weighted by Crippen LogP contribution is 1.40. The maximum atomic E-state index is 10.9. The summed E-state index contributed by atoms with van der Waals surface area (Å²) >= 11 is 0. The van der Waals surface area contributed by atoms with Crippen LogP contribution in [-0.2, 0) is 0 Å². The third-order valence-corrected chi connectivity index (χ3v) is 0.0976. The van der Waals surface area contributed by atoms with E-state index in [2.05, 4.69) is 0 Å². The number of rotatable bonds is 1. The largest absolute Gasteiger partial charge is 0.245 e. The van der Waals surface area contributed by atoms with E-state index in [9.17, 15) is 4.48 Å². The molecule has 0 aromatic heterocycles. The van der Waals surface area contributed by atoms with Crippen molar-refractivity contribution in [3.05, 3.63) is 0 Å². The van der Waals surface area contributed by atoms with Crippen LogP contribution in [0.15, 0.2) is 0 Å². The van der Waals surface area contributed by atoms with E-state index < -0.39 is 0 Å². The van der Waals surface area contributed by atoms with Crippen molar-refractivity contribution in [2.24, 2.45) is 0 Å². The minimum Gasteiger partial charge on any atom is -0.209 e. The summed E-state index contributed by atoms with van der Waals surface area (Å²) < 4.78 is 16.8. The third-order valence-electron chi connectivity index (χ3n) is 0.0976. The fourth-order valence-corrected chi connectivity index (χ4v) is 0. The summed E-state index contributed by atoms with van der Waals surface area (Å²) in [7, 11) is 1.00. The number of hydrogen-bond donors (Lipinski definition) is 1. The summed E-state index contributed by atoms with van der Waals surface area (Å²) in [5.41, 5.74) is -0.250. The maximum Gasteiger partial charge on any atom is 0.245 e. The van der Waals surface area contributed by atoms with Crippen molar-refractivity contribution in [1.29, 1.82) is 0 Å². The van der Waals surface area contributed by atoms with E-state index in [4.69, 9.17) is 1.41 Å². The smallest absolute Gasteiger partial charge is 0.209 e. The lowest BCUT2D eigenvalue weighted by Crippen LogP contribution is -1.99. The summed E-state index contributed by atoms with van der Waals surface area (Å²) in [6, 6.07) is 0. The molecule has 0 amide bonds. The molecule has 0 aliphatic carbocycles. The lowest BCUT2D eigenvalue weighted by Gasteiger charge is -1.66. The first-order valence-electron chi connectivity index (χ1n) is 1.45. The van der Waals surface area contributed by atoms with Crippen molar-refractivity contribution in [3.8, 4) is 0 Å². The first kappa shape index (κ1) is 2.21. The van der Waals surface area contributed by atoms with Crippen LogP contribution in [0.25, 0.3) is 0 Å². The van der Waals surface area contributed by atoms with E-state index in [0.717, 1.165) is 7.41 Å². The fraction of sp³-hybridized carbons (Fsp3) is 1.00. The van der Waals surface area contributed by atoms with E-state index in [1.165, 1.54) is 6.82 Å². The van der Waals surface area contributed by atoms with Gasteiger partial charge in [0.25, 0.3) is 0 Å². The van der Waals surface area contributed by atoms with Gasteiger partial charge in [-0.05, 0) is 0 Å². The molecule has 0 heterocycles. The normalized spacial score (nSPS) is 11.2. The molecule has 0 aliphatic heterocycles. The molecule has 0 spiro atoms. The van der Waals surface area contributed by atoms with Crippen LogP contribution in [-0.4, -0.2) is 7.41 Å². The van der Waals surface area contributed by atoms with Gasteiger partial charge in [-0.3, -0.25) is 0 Å². The van der Waals surface area contributed by atoms with Crippen molar-refractivity contribution in [2.45, 2.75) is 6.82 Å². The number of hydrogen-bond acceptors (Lipinski definition) is 1. The van der Waals surface area contributed by atoms with Crippen LogP contribution < -0.4 is 5.44 Å². The van der Waals surface area contributed by atoms with Gasteiger partial charge in [-0.15, -0.1) is 0 Å². The lowest BCUT2D eigenvalue weighted by atomic mass is 10.0. The molecule has 1 nitrogen and oxygen atoms in total. The molecular formula is CH4BFN. The van der Waals surface area contributed by atoms with E-state index in [0.29, 0.717) is 0 Å². The lowest BCUT2D eigenvalue weighted by molar-refractivity contribution is 0.449. The zero-order chi connectivity index (χ0) is 4.28. The fourth-order valence-electron chi connectivity index (χ4n) is 0. The Morgan fingerprint density at radius 1 is 2.50 bits per heavy atom. The Morgan fingerprint density at radius 3 is 2.75 bits per heavy atom. The molecule has 1 radical (unpaired) electrons. The zero-order valence-corrected chi connectivity index (χ0v) is 2.40. The highest BCUT2D eigenvalue weighted by atomic mass is 19.2. The molecule has 0 saturated carbocycles. The van der Waals surface area contributed by atoms with Crippen LogP contribution in [0.5, 0.6) is 0 Å². The Bertz CT molecular complexity index is 25.6. The highest BCUT2D eigenvalue weighted by Gasteiger charge is 1.62. The second-order valence-electron chi connectivity index (χ2n) is 0.356. The average molecular weight is 60.9 g/mol. The molecule has 0 rings (SSSR count). The predicted molar refractivity (Wildman–Crippen MR) is 15.9 cm³/mol. The standard InChI is InChI=1S/CH4BFN/c1-2-4-3/h4H,1H3/i4D. The molecule has 0 unspecified atom stereocenters. The molecule has 0 atom stereocenters. The Balaban J connectivity index is 2.54. The second kappa shape index (κ2) is 2.95. The maximum absolute atomic E-state index is 10.9. The van der Waals surface area contributed by atoms with Gasteiger partial charge in [0.05, 0.1) is 0 Å². The summed E-state index contributed by atoms with van der Waals surface area (Å²) in [4.78, 5) is 0. The van der Waals surface area contributed by atoms with Crippen molar-refractivity contribution in [1.82, 2.24) is 5.44 Å². The SMILES string of the molecule is [2H]N(F)[B]C. The Hall–Kier alpha value is -0.0451. The summed E-state index contributed by atoms with van der Waals surface area (Å²) in [6.45, 7) is 1.44. The molecule has 4 heavy (non-hydrogen) atoms. The monoisotopic (exact) mass is 61.0 g/mol. The third kappa shape index (κ3) is 1.95. The minimum absolute atomic E-state index is 0.250. The van der Waals surface area contributed by atoms with Gasteiger partial charge in [-0.25, -0.2) is 5.44 Å². The average Bonchev–Trinajstić information content (AvgIpc) is 1.38.